The van der Waals surface area contributed by atoms with Gasteiger partial charge in [-0.1, -0.05) is 62.1 Å². The summed E-state index contributed by atoms with van der Waals surface area (Å²) in [5.74, 6) is 0.310. The van der Waals surface area contributed by atoms with Crippen molar-refractivity contribution < 1.29 is 14.6 Å². The van der Waals surface area contributed by atoms with Gasteiger partial charge in [-0.05, 0) is 37.1 Å². The van der Waals surface area contributed by atoms with Gasteiger partial charge in [0.2, 0.25) is 0 Å². The highest BCUT2D eigenvalue weighted by Gasteiger charge is 2.09. The monoisotopic (exact) mass is 338 g/mol. The molecule has 0 aromatic heterocycles. The van der Waals surface area contributed by atoms with Crippen LogP contribution in [0.5, 0.6) is 11.5 Å². The maximum absolute atomic E-state index is 12.3. The number of benzene rings is 2. The lowest BCUT2D eigenvalue weighted by molar-refractivity contribution is 0.104. The Hall–Kier alpha value is -2.55. The molecule has 0 saturated heterocycles. The number of hydrogen-bond acceptors (Lipinski definition) is 3. The van der Waals surface area contributed by atoms with Gasteiger partial charge in [-0.15, -0.1) is 0 Å². The van der Waals surface area contributed by atoms with E-state index in [1.165, 1.54) is 30.5 Å². The van der Waals surface area contributed by atoms with Crippen LogP contribution in [0, 0.1) is 6.92 Å². The number of aromatic hydroxyl groups is 1. The Balaban J connectivity index is 1.94. The lowest BCUT2D eigenvalue weighted by Gasteiger charge is -2.08. The number of hydrogen-bond donors (Lipinski definition) is 1. The van der Waals surface area contributed by atoms with E-state index in [1.807, 2.05) is 31.2 Å². The van der Waals surface area contributed by atoms with Crippen molar-refractivity contribution in [1.82, 2.24) is 0 Å². The van der Waals surface area contributed by atoms with Gasteiger partial charge in [-0.25, -0.2) is 0 Å². The third kappa shape index (κ3) is 6.11. The number of rotatable bonds is 9. The summed E-state index contributed by atoms with van der Waals surface area (Å²) in [6.07, 6.45) is 7.75. The molecule has 0 fully saturated rings. The van der Waals surface area contributed by atoms with Crippen LogP contribution in [0.15, 0.2) is 48.5 Å². The molecule has 0 bridgehead atoms. The van der Waals surface area contributed by atoms with E-state index in [0.29, 0.717) is 12.4 Å². The van der Waals surface area contributed by atoms with Gasteiger partial charge in [-0.3, -0.25) is 4.79 Å². The Labute approximate surface area is 150 Å². The van der Waals surface area contributed by atoms with E-state index < -0.39 is 0 Å². The Kier molecular flexibility index (Phi) is 7.27. The lowest BCUT2D eigenvalue weighted by Crippen LogP contribution is -1.99. The van der Waals surface area contributed by atoms with Gasteiger partial charge in [0.1, 0.15) is 11.5 Å². The fourth-order valence-electron chi connectivity index (χ4n) is 2.47. The molecule has 3 heteroatoms. The molecule has 25 heavy (non-hydrogen) atoms. The number of unbranched alkanes of at least 4 members (excludes halogenated alkanes) is 3. The molecule has 0 heterocycles. The average molecular weight is 338 g/mol. The molecule has 0 atom stereocenters. The molecule has 2 rings (SSSR count). The maximum Gasteiger partial charge on any atom is 0.189 e. The molecule has 0 radical (unpaired) electrons. The Morgan fingerprint density at radius 2 is 1.84 bits per heavy atom. The van der Waals surface area contributed by atoms with E-state index in [-0.39, 0.29) is 17.1 Å². The smallest absolute Gasteiger partial charge is 0.189 e. The molecule has 0 aliphatic carbocycles. The third-order valence-electron chi connectivity index (χ3n) is 4.01. The quantitative estimate of drug-likeness (QED) is 0.370. The van der Waals surface area contributed by atoms with Gasteiger partial charge in [0.15, 0.2) is 5.78 Å². The standard InChI is InChI=1S/C22H26O3/c1-3-4-5-6-15-25-19-12-13-20(22(24)16-19)21(23)14-11-18-9-7-17(2)8-10-18/h7-14,16,24H,3-6,15H2,1-2H3. The fraction of sp³-hybridized carbons (Fsp3) is 0.318. The number of carbonyl (C=O) groups excluding carboxylic acids is 1. The molecule has 0 aliphatic heterocycles. The zero-order chi connectivity index (χ0) is 18.1. The average Bonchev–Trinajstić information content (AvgIpc) is 2.61. The van der Waals surface area contributed by atoms with Crippen molar-refractivity contribution in [2.75, 3.05) is 6.61 Å². The van der Waals surface area contributed by atoms with Crippen LogP contribution in [0.2, 0.25) is 0 Å². The second-order valence-corrected chi connectivity index (χ2v) is 6.20. The number of phenolic OH excluding ortho intramolecular Hbond substituents is 1. The molecule has 0 unspecified atom stereocenters. The van der Waals surface area contributed by atoms with Crippen LogP contribution in [0.4, 0.5) is 0 Å². The molecular formula is C22H26O3. The summed E-state index contributed by atoms with van der Waals surface area (Å²) in [5.41, 5.74) is 2.40. The first-order valence-electron chi connectivity index (χ1n) is 8.85. The van der Waals surface area contributed by atoms with Crippen molar-refractivity contribution in [3.8, 4) is 11.5 Å². The second-order valence-electron chi connectivity index (χ2n) is 6.20. The summed E-state index contributed by atoms with van der Waals surface area (Å²) in [4.78, 5) is 12.3. The van der Waals surface area contributed by atoms with E-state index >= 15 is 0 Å². The van der Waals surface area contributed by atoms with Crippen molar-refractivity contribution in [3.05, 3.63) is 65.2 Å². The molecular weight excluding hydrogens is 312 g/mol. The molecule has 1 N–H and O–H groups in total. The molecule has 0 spiro atoms. The van der Waals surface area contributed by atoms with E-state index in [1.54, 1.807) is 18.2 Å². The number of carbonyl (C=O) groups is 1. The van der Waals surface area contributed by atoms with Crippen molar-refractivity contribution in [2.24, 2.45) is 0 Å². The largest absolute Gasteiger partial charge is 0.507 e. The highest BCUT2D eigenvalue weighted by Crippen LogP contribution is 2.25. The van der Waals surface area contributed by atoms with Gasteiger partial charge < -0.3 is 9.84 Å². The first-order valence-corrected chi connectivity index (χ1v) is 8.85. The van der Waals surface area contributed by atoms with Gasteiger partial charge in [0.05, 0.1) is 12.2 Å². The SMILES string of the molecule is CCCCCCOc1ccc(C(=O)C=Cc2ccc(C)cc2)c(O)c1. The first kappa shape index (κ1) is 18.8. The summed E-state index contributed by atoms with van der Waals surface area (Å²) in [5, 5.41) is 10.1. The lowest BCUT2D eigenvalue weighted by atomic mass is 10.1. The van der Waals surface area contributed by atoms with Crippen LogP contribution in [0.25, 0.3) is 6.08 Å². The zero-order valence-corrected chi connectivity index (χ0v) is 15.0. The topological polar surface area (TPSA) is 46.5 Å². The minimum Gasteiger partial charge on any atom is -0.507 e. The Morgan fingerprint density at radius 1 is 1.08 bits per heavy atom. The Morgan fingerprint density at radius 3 is 2.52 bits per heavy atom. The van der Waals surface area contributed by atoms with Crippen LogP contribution in [-0.2, 0) is 0 Å². The first-order chi connectivity index (χ1) is 12.1. The number of ketones is 1. The molecule has 2 aromatic carbocycles. The van der Waals surface area contributed by atoms with Crippen LogP contribution >= 0.6 is 0 Å². The van der Waals surface area contributed by atoms with Crippen molar-refractivity contribution >= 4 is 11.9 Å². The predicted octanol–water partition coefficient (Wildman–Crippen LogP) is 5.56. The van der Waals surface area contributed by atoms with Crippen molar-refractivity contribution in [1.29, 1.82) is 0 Å². The molecule has 3 nitrogen and oxygen atoms in total. The van der Waals surface area contributed by atoms with Crippen molar-refractivity contribution in [3.63, 3.8) is 0 Å². The summed E-state index contributed by atoms with van der Waals surface area (Å²) in [7, 11) is 0. The second kappa shape index (κ2) is 9.67. The molecule has 2 aromatic rings. The molecule has 0 aliphatic rings. The highest BCUT2D eigenvalue weighted by atomic mass is 16.5. The Bertz CT molecular complexity index is 715. The summed E-state index contributed by atoms with van der Waals surface area (Å²) >= 11 is 0. The van der Waals surface area contributed by atoms with Gasteiger partial charge in [0, 0.05) is 6.07 Å². The van der Waals surface area contributed by atoms with Crippen LogP contribution < -0.4 is 4.74 Å². The summed E-state index contributed by atoms with van der Waals surface area (Å²) in [6, 6.07) is 12.7. The number of phenols is 1. The van der Waals surface area contributed by atoms with E-state index in [4.69, 9.17) is 4.74 Å². The van der Waals surface area contributed by atoms with Gasteiger partial charge in [-0.2, -0.15) is 0 Å². The number of ether oxygens (including phenoxy) is 1. The van der Waals surface area contributed by atoms with Crippen molar-refractivity contribution in [2.45, 2.75) is 39.5 Å². The maximum atomic E-state index is 12.3. The van der Waals surface area contributed by atoms with Crippen LogP contribution in [0.1, 0.15) is 54.1 Å². The summed E-state index contributed by atoms with van der Waals surface area (Å²) < 4.78 is 5.62. The molecule has 0 amide bonds. The van der Waals surface area contributed by atoms with E-state index in [0.717, 1.165) is 18.4 Å². The van der Waals surface area contributed by atoms with Crippen LogP contribution in [0.3, 0.4) is 0 Å². The van der Waals surface area contributed by atoms with E-state index in [9.17, 15) is 9.90 Å². The van der Waals surface area contributed by atoms with Crippen LogP contribution in [-0.4, -0.2) is 17.5 Å². The number of allylic oxidation sites excluding steroid dienone is 1. The third-order valence-corrected chi connectivity index (χ3v) is 4.01. The minimum atomic E-state index is -0.229. The summed E-state index contributed by atoms with van der Waals surface area (Å²) in [6.45, 7) is 4.81. The fourth-order valence-corrected chi connectivity index (χ4v) is 2.47. The van der Waals surface area contributed by atoms with Gasteiger partial charge in [0.25, 0.3) is 0 Å². The predicted molar refractivity (Wildman–Crippen MR) is 102 cm³/mol. The van der Waals surface area contributed by atoms with E-state index in [2.05, 4.69) is 6.92 Å². The van der Waals surface area contributed by atoms with Gasteiger partial charge >= 0.3 is 0 Å². The highest BCUT2D eigenvalue weighted by molar-refractivity contribution is 6.08. The number of aryl methyl sites for hydroxylation is 1. The zero-order valence-electron chi connectivity index (χ0n) is 15.0. The molecule has 132 valence electrons. The molecule has 0 saturated carbocycles. The normalized spacial score (nSPS) is 11.0. The minimum absolute atomic E-state index is 0.0513.